The van der Waals surface area contributed by atoms with E-state index >= 15 is 0 Å². The summed E-state index contributed by atoms with van der Waals surface area (Å²) in [6.07, 6.45) is 2.04. The SMILES string of the molecule is NC1CCc2c(OCc3ccccc3Br)cccc21. The van der Waals surface area contributed by atoms with E-state index in [0.29, 0.717) is 6.61 Å². The van der Waals surface area contributed by atoms with Crippen molar-refractivity contribution in [3.63, 3.8) is 0 Å². The zero-order valence-electron chi connectivity index (χ0n) is 10.6. The van der Waals surface area contributed by atoms with Gasteiger partial charge in [-0.1, -0.05) is 46.3 Å². The van der Waals surface area contributed by atoms with Crippen LogP contribution in [-0.4, -0.2) is 0 Å². The molecule has 0 fully saturated rings. The van der Waals surface area contributed by atoms with E-state index in [1.165, 1.54) is 11.1 Å². The second kappa shape index (κ2) is 5.35. The molecule has 1 aliphatic carbocycles. The molecule has 19 heavy (non-hydrogen) atoms. The monoisotopic (exact) mass is 317 g/mol. The molecule has 0 amide bonds. The molecule has 3 rings (SSSR count). The van der Waals surface area contributed by atoms with Crippen molar-refractivity contribution in [2.24, 2.45) is 5.73 Å². The molecule has 0 radical (unpaired) electrons. The van der Waals surface area contributed by atoms with Crippen molar-refractivity contribution >= 4 is 15.9 Å². The van der Waals surface area contributed by atoms with Crippen LogP contribution in [0, 0.1) is 0 Å². The van der Waals surface area contributed by atoms with Crippen LogP contribution in [0.25, 0.3) is 0 Å². The molecule has 1 aliphatic rings. The summed E-state index contributed by atoms with van der Waals surface area (Å²) in [6, 6.07) is 14.5. The van der Waals surface area contributed by atoms with Gasteiger partial charge in [-0.25, -0.2) is 0 Å². The number of benzene rings is 2. The highest BCUT2D eigenvalue weighted by molar-refractivity contribution is 9.10. The van der Waals surface area contributed by atoms with Crippen LogP contribution < -0.4 is 10.5 Å². The van der Waals surface area contributed by atoms with E-state index in [4.69, 9.17) is 10.5 Å². The Morgan fingerprint density at radius 3 is 2.84 bits per heavy atom. The van der Waals surface area contributed by atoms with E-state index in [9.17, 15) is 0 Å². The highest BCUT2D eigenvalue weighted by Gasteiger charge is 2.22. The zero-order chi connectivity index (χ0) is 13.2. The van der Waals surface area contributed by atoms with Crippen LogP contribution in [0.4, 0.5) is 0 Å². The number of ether oxygens (including phenoxy) is 1. The Bertz CT molecular complexity index is 597. The Morgan fingerprint density at radius 2 is 2.00 bits per heavy atom. The van der Waals surface area contributed by atoms with Crippen LogP contribution >= 0.6 is 15.9 Å². The standard InChI is InChI=1S/C16H16BrNO/c17-14-6-2-1-4-11(14)10-19-16-7-3-5-12-13(16)8-9-15(12)18/h1-7,15H,8-10,18H2. The smallest absolute Gasteiger partial charge is 0.123 e. The molecule has 98 valence electrons. The molecular formula is C16H16BrNO. The fourth-order valence-corrected chi connectivity index (χ4v) is 2.96. The average Bonchev–Trinajstić information content (AvgIpc) is 2.81. The minimum absolute atomic E-state index is 0.169. The molecule has 1 unspecified atom stereocenters. The van der Waals surface area contributed by atoms with Gasteiger partial charge in [0, 0.05) is 16.1 Å². The quantitative estimate of drug-likeness (QED) is 0.929. The first-order valence-corrected chi connectivity index (χ1v) is 7.28. The van der Waals surface area contributed by atoms with Crippen molar-refractivity contribution in [3.8, 4) is 5.75 Å². The molecule has 0 aromatic heterocycles. The number of hydrogen-bond acceptors (Lipinski definition) is 2. The van der Waals surface area contributed by atoms with Gasteiger partial charge in [-0.2, -0.15) is 0 Å². The molecule has 2 aromatic carbocycles. The fourth-order valence-electron chi connectivity index (χ4n) is 2.56. The maximum atomic E-state index is 6.08. The van der Waals surface area contributed by atoms with Gasteiger partial charge in [0.1, 0.15) is 12.4 Å². The zero-order valence-corrected chi connectivity index (χ0v) is 12.2. The first-order valence-electron chi connectivity index (χ1n) is 6.49. The van der Waals surface area contributed by atoms with Gasteiger partial charge >= 0.3 is 0 Å². The lowest BCUT2D eigenvalue weighted by Crippen LogP contribution is -2.05. The highest BCUT2D eigenvalue weighted by Crippen LogP contribution is 2.35. The number of nitrogens with two attached hydrogens (primary N) is 1. The normalized spacial score (nSPS) is 17.3. The lowest BCUT2D eigenvalue weighted by molar-refractivity contribution is 0.302. The van der Waals surface area contributed by atoms with Crippen molar-refractivity contribution < 1.29 is 4.74 Å². The van der Waals surface area contributed by atoms with E-state index in [1.807, 2.05) is 30.3 Å². The number of hydrogen-bond donors (Lipinski definition) is 1. The van der Waals surface area contributed by atoms with Gasteiger partial charge < -0.3 is 10.5 Å². The Hall–Kier alpha value is -1.32. The summed E-state index contributed by atoms with van der Waals surface area (Å²) in [4.78, 5) is 0. The third-order valence-electron chi connectivity index (χ3n) is 3.62. The summed E-state index contributed by atoms with van der Waals surface area (Å²) in [7, 11) is 0. The van der Waals surface area contributed by atoms with E-state index in [-0.39, 0.29) is 6.04 Å². The molecule has 2 aromatic rings. The lowest BCUT2D eigenvalue weighted by Gasteiger charge is -2.12. The van der Waals surface area contributed by atoms with Crippen LogP contribution in [-0.2, 0) is 13.0 Å². The van der Waals surface area contributed by atoms with Gasteiger partial charge in [-0.3, -0.25) is 0 Å². The van der Waals surface area contributed by atoms with E-state index in [2.05, 4.69) is 28.1 Å². The molecule has 0 saturated heterocycles. The summed E-state index contributed by atoms with van der Waals surface area (Å²) >= 11 is 3.54. The van der Waals surface area contributed by atoms with E-state index < -0.39 is 0 Å². The third-order valence-corrected chi connectivity index (χ3v) is 4.39. The van der Waals surface area contributed by atoms with Crippen LogP contribution in [0.1, 0.15) is 29.2 Å². The van der Waals surface area contributed by atoms with Crippen molar-refractivity contribution in [2.75, 3.05) is 0 Å². The predicted molar refractivity (Wildman–Crippen MR) is 80.2 cm³/mol. The second-order valence-corrected chi connectivity index (χ2v) is 5.70. The topological polar surface area (TPSA) is 35.2 Å². The Labute approximate surface area is 121 Å². The maximum absolute atomic E-state index is 6.08. The molecule has 0 bridgehead atoms. The molecular weight excluding hydrogens is 302 g/mol. The van der Waals surface area contributed by atoms with Crippen LogP contribution in [0.2, 0.25) is 0 Å². The Balaban J connectivity index is 1.80. The predicted octanol–water partition coefficient (Wildman–Crippen LogP) is 3.97. The van der Waals surface area contributed by atoms with Crippen molar-refractivity contribution in [1.82, 2.24) is 0 Å². The lowest BCUT2D eigenvalue weighted by atomic mass is 10.1. The number of fused-ring (bicyclic) bond motifs is 1. The van der Waals surface area contributed by atoms with Gasteiger partial charge in [0.05, 0.1) is 0 Å². The van der Waals surface area contributed by atoms with Crippen molar-refractivity contribution in [1.29, 1.82) is 0 Å². The van der Waals surface area contributed by atoms with Crippen molar-refractivity contribution in [3.05, 3.63) is 63.6 Å². The van der Waals surface area contributed by atoms with Gasteiger partial charge in [0.15, 0.2) is 0 Å². The molecule has 2 N–H and O–H groups in total. The summed E-state index contributed by atoms with van der Waals surface area (Å²) in [6.45, 7) is 0.577. The Kier molecular flexibility index (Phi) is 3.58. The summed E-state index contributed by atoms with van der Waals surface area (Å²) in [5.41, 5.74) is 9.76. The third kappa shape index (κ3) is 2.53. The highest BCUT2D eigenvalue weighted by atomic mass is 79.9. The average molecular weight is 318 g/mol. The molecule has 2 nitrogen and oxygen atoms in total. The largest absolute Gasteiger partial charge is 0.489 e. The second-order valence-electron chi connectivity index (χ2n) is 4.85. The van der Waals surface area contributed by atoms with E-state index in [0.717, 1.165) is 28.6 Å². The van der Waals surface area contributed by atoms with E-state index in [1.54, 1.807) is 0 Å². The van der Waals surface area contributed by atoms with Gasteiger partial charge in [0.25, 0.3) is 0 Å². The van der Waals surface area contributed by atoms with Gasteiger partial charge in [0.2, 0.25) is 0 Å². The summed E-state index contributed by atoms with van der Waals surface area (Å²) < 4.78 is 7.06. The maximum Gasteiger partial charge on any atom is 0.123 e. The molecule has 0 aliphatic heterocycles. The molecule has 3 heteroatoms. The fraction of sp³-hybridized carbons (Fsp3) is 0.250. The first-order chi connectivity index (χ1) is 9.25. The molecule has 0 spiro atoms. The van der Waals surface area contributed by atoms with Crippen molar-refractivity contribution in [2.45, 2.75) is 25.5 Å². The van der Waals surface area contributed by atoms with Crippen LogP contribution in [0.5, 0.6) is 5.75 Å². The minimum Gasteiger partial charge on any atom is -0.489 e. The first kappa shape index (κ1) is 12.7. The number of halogens is 1. The molecule has 0 saturated carbocycles. The van der Waals surface area contributed by atoms with Gasteiger partial charge in [-0.05, 0) is 36.1 Å². The van der Waals surface area contributed by atoms with Gasteiger partial charge in [-0.15, -0.1) is 0 Å². The summed E-state index contributed by atoms with van der Waals surface area (Å²) in [5.74, 6) is 0.973. The summed E-state index contributed by atoms with van der Waals surface area (Å²) in [5, 5.41) is 0. The van der Waals surface area contributed by atoms with Crippen LogP contribution in [0.3, 0.4) is 0 Å². The van der Waals surface area contributed by atoms with Crippen LogP contribution in [0.15, 0.2) is 46.9 Å². The molecule has 1 atom stereocenters. The Morgan fingerprint density at radius 1 is 1.16 bits per heavy atom. The minimum atomic E-state index is 0.169. The molecule has 0 heterocycles. The number of rotatable bonds is 3.